The first-order valence-electron chi connectivity index (χ1n) is 5.50. The molecule has 2 aromatic rings. The second-order valence-electron chi connectivity index (χ2n) is 3.90. The van der Waals surface area contributed by atoms with Gasteiger partial charge in [0.15, 0.2) is 0 Å². The summed E-state index contributed by atoms with van der Waals surface area (Å²) in [5, 5.41) is 3.06. The molecule has 1 heterocycles. The van der Waals surface area contributed by atoms with E-state index in [2.05, 4.69) is 26.2 Å². The van der Waals surface area contributed by atoms with Crippen LogP contribution in [0.4, 0.5) is 5.82 Å². The molecule has 0 radical (unpaired) electrons. The lowest BCUT2D eigenvalue weighted by atomic mass is 10.2. The summed E-state index contributed by atoms with van der Waals surface area (Å²) in [6.45, 7) is 0.414. The molecule has 0 saturated heterocycles. The van der Waals surface area contributed by atoms with E-state index in [0.717, 1.165) is 10.0 Å². The Morgan fingerprint density at radius 3 is 2.95 bits per heavy atom. The lowest BCUT2D eigenvalue weighted by molar-refractivity contribution is 0.0951. The quantitative estimate of drug-likeness (QED) is 0.902. The van der Waals surface area contributed by atoms with Crippen LogP contribution in [0, 0.1) is 0 Å². The zero-order valence-corrected chi connectivity index (χ0v) is 12.2. The Morgan fingerprint density at radius 2 is 2.21 bits per heavy atom. The minimum Gasteiger partial charge on any atom is -0.384 e. The summed E-state index contributed by atoms with van der Waals surface area (Å²) in [6.07, 6.45) is 1.37. The number of nitrogens with one attached hydrogen (secondary N) is 1. The standard InChI is InChI=1S/C13H11BrClN3O/c14-9-3-1-2-8(4-9)6-18-13(19)10-5-12(16)17-7-11(10)15/h1-5,7H,6H2,(H2,16,17)(H,18,19). The molecule has 98 valence electrons. The molecular formula is C13H11BrClN3O. The van der Waals surface area contributed by atoms with E-state index in [1.54, 1.807) is 0 Å². The number of carbonyl (C=O) groups is 1. The van der Waals surface area contributed by atoms with Gasteiger partial charge in [-0.25, -0.2) is 4.98 Å². The Morgan fingerprint density at radius 1 is 1.42 bits per heavy atom. The van der Waals surface area contributed by atoms with Gasteiger partial charge in [0.05, 0.1) is 10.6 Å². The number of amides is 1. The molecule has 0 fully saturated rings. The lowest BCUT2D eigenvalue weighted by Gasteiger charge is -2.07. The second-order valence-corrected chi connectivity index (χ2v) is 5.22. The molecule has 0 atom stereocenters. The predicted molar refractivity (Wildman–Crippen MR) is 79.0 cm³/mol. The van der Waals surface area contributed by atoms with Crippen molar-refractivity contribution in [3.8, 4) is 0 Å². The SMILES string of the molecule is Nc1cc(C(=O)NCc2cccc(Br)c2)c(Cl)cn1. The number of halogens is 2. The molecular weight excluding hydrogens is 330 g/mol. The van der Waals surface area contributed by atoms with Crippen molar-refractivity contribution in [1.29, 1.82) is 0 Å². The number of rotatable bonds is 3. The van der Waals surface area contributed by atoms with Crippen LogP contribution in [0.15, 0.2) is 41.0 Å². The molecule has 0 spiro atoms. The summed E-state index contributed by atoms with van der Waals surface area (Å²) in [6, 6.07) is 9.14. The van der Waals surface area contributed by atoms with Crippen LogP contribution in [-0.2, 0) is 6.54 Å². The van der Waals surface area contributed by atoms with E-state index in [0.29, 0.717) is 12.1 Å². The van der Waals surface area contributed by atoms with Gasteiger partial charge in [-0.2, -0.15) is 0 Å². The van der Waals surface area contributed by atoms with Crippen molar-refractivity contribution < 1.29 is 4.79 Å². The fourth-order valence-corrected chi connectivity index (χ4v) is 2.19. The average molecular weight is 341 g/mol. The lowest BCUT2D eigenvalue weighted by Crippen LogP contribution is -2.23. The predicted octanol–water partition coefficient (Wildman–Crippen LogP) is 3.01. The van der Waals surface area contributed by atoms with Crippen LogP contribution >= 0.6 is 27.5 Å². The van der Waals surface area contributed by atoms with Gasteiger partial charge in [-0.1, -0.05) is 39.7 Å². The Bertz CT molecular complexity index is 619. The average Bonchev–Trinajstić information content (AvgIpc) is 2.39. The van der Waals surface area contributed by atoms with Crippen molar-refractivity contribution in [3.05, 3.63) is 57.2 Å². The molecule has 3 N–H and O–H groups in total. The zero-order valence-electron chi connectivity index (χ0n) is 9.86. The number of nitrogens with two attached hydrogens (primary N) is 1. The highest BCUT2D eigenvalue weighted by atomic mass is 79.9. The maximum Gasteiger partial charge on any atom is 0.253 e. The molecule has 0 unspecified atom stereocenters. The number of nitrogens with zero attached hydrogens (tertiary/aromatic N) is 1. The number of pyridine rings is 1. The molecule has 19 heavy (non-hydrogen) atoms. The van der Waals surface area contributed by atoms with Crippen molar-refractivity contribution in [2.75, 3.05) is 5.73 Å². The van der Waals surface area contributed by atoms with Gasteiger partial charge in [0.25, 0.3) is 5.91 Å². The van der Waals surface area contributed by atoms with Gasteiger partial charge < -0.3 is 11.1 Å². The van der Waals surface area contributed by atoms with Crippen molar-refractivity contribution in [1.82, 2.24) is 10.3 Å². The highest BCUT2D eigenvalue weighted by Crippen LogP contribution is 2.17. The minimum absolute atomic E-state index is 0.261. The van der Waals surface area contributed by atoms with E-state index in [-0.39, 0.29) is 16.7 Å². The highest BCUT2D eigenvalue weighted by Gasteiger charge is 2.11. The van der Waals surface area contributed by atoms with Crippen molar-refractivity contribution in [2.24, 2.45) is 0 Å². The van der Waals surface area contributed by atoms with E-state index < -0.39 is 0 Å². The van der Waals surface area contributed by atoms with Gasteiger partial charge in [0, 0.05) is 17.2 Å². The third-order valence-corrected chi connectivity index (χ3v) is 3.26. The molecule has 0 aliphatic rings. The van der Waals surface area contributed by atoms with Crippen LogP contribution in [-0.4, -0.2) is 10.9 Å². The number of hydrogen-bond acceptors (Lipinski definition) is 3. The van der Waals surface area contributed by atoms with Gasteiger partial charge in [-0.05, 0) is 23.8 Å². The van der Waals surface area contributed by atoms with E-state index in [4.69, 9.17) is 17.3 Å². The van der Waals surface area contributed by atoms with Gasteiger partial charge in [-0.3, -0.25) is 4.79 Å². The van der Waals surface area contributed by atoms with Crippen molar-refractivity contribution >= 4 is 39.3 Å². The molecule has 6 heteroatoms. The molecule has 1 aromatic heterocycles. The van der Waals surface area contributed by atoms with Gasteiger partial charge >= 0.3 is 0 Å². The van der Waals surface area contributed by atoms with Crippen LogP contribution in [0.3, 0.4) is 0 Å². The van der Waals surface area contributed by atoms with E-state index in [9.17, 15) is 4.79 Å². The molecule has 1 aromatic carbocycles. The number of hydrogen-bond donors (Lipinski definition) is 2. The fraction of sp³-hybridized carbons (Fsp3) is 0.0769. The van der Waals surface area contributed by atoms with Crippen LogP contribution in [0.25, 0.3) is 0 Å². The van der Waals surface area contributed by atoms with E-state index in [1.165, 1.54) is 12.3 Å². The number of anilines is 1. The Labute approximate surface area is 124 Å². The van der Waals surface area contributed by atoms with Gasteiger partial charge in [0.2, 0.25) is 0 Å². The largest absolute Gasteiger partial charge is 0.384 e. The topological polar surface area (TPSA) is 68.0 Å². The maximum atomic E-state index is 12.0. The third-order valence-electron chi connectivity index (χ3n) is 2.46. The van der Waals surface area contributed by atoms with E-state index >= 15 is 0 Å². The van der Waals surface area contributed by atoms with Crippen LogP contribution in [0.2, 0.25) is 5.02 Å². The summed E-state index contributed by atoms with van der Waals surface area (Å²) in [5.74, 6) is -0.0175. The molecule has 2 rings (SSSR count). The molecule has 4 nitrogen and oxygen atoms in total. The summed E-state index contributed by atoms with van der Waals surface area (Å²) in [4.78, 5) is 15.8. The first kappa shape index (κ1) is 13.8. The molecule has 0 saturated carbocycles. The number of carbonyl (C=O) groups excluding carboxylic acids is 1. The summed E-state index contributed by atoms with van der Waals surface area (Å²) < 4.78 is 0.963. The smallest absolute Gasteiger partial charge is 0.253 e. The Kier molecular flexibility index (Phi) is 4.39. The molecule has 1 amide bonds. The van der Waals surface area contributed by atoms with Gasteiger partial charge in [-0.15, -0.1) is 0 Å². The van der Waals surface area contributed by atoms with E-state index in [1.807, 2.05) is 24.3 Å². The zero-order chi connectivity index (χ0) is 13.8. The third kappa shape index (κ3) is 3.68. The number of benzene rings is 1. The first-order chi connectivity index (χ1) is 9.06. The van der Waals surface area contributed by atoms with Crippen LogP contribution in [0.1, 0.15) is 15.9 Å². The van der Waals surface area contributed by atoms with Crippen molar-refractivity contribution in [2.45, 2.75) is 6.54 Å². The first-order valence-corrected chi connectivity index (χ1v) is 6.67. The number of aromatic nitrogens is 1. The minimum atomic E-state index is -0.279. The number of nitrogen functional groups attached to an aromatic ring is 1. The van der Waals surface area contributed by atoms with Gasteiger partial charge in [0.1, 0.15) is 5.82 Å². The molecule has 0 bridgehead atoms. The van der Waals surface area contributed by atoms with Crippen LogP contribution < -0.4 is 11.1 Å². The monoisotopic (exact) mass is 339 g/mol. The normalized spacial score (nSPS) is 10.2. The summed E-state index contributed by atoms with van der Waals surface area (Å²) >= 11 is 9.29. The van der Waals surface area contributed by atoms with Crippen LogP contribution in [0.5, 0.6) is 0 Å². The highest BCUT2D eigenvalue weighted by molar-refractivity contribution is 9.10. The maximum absolute atomic E-state index is 12.0. The Balaban J connectivity index is 2.07. The Hall–Kier alpha value is -1.59. The fourth-order valence-electron chi connectivity index (χ4n) is 1.55. The second kappa shape index (κ2) is 6.04. The molecule has 0 aliphatic carbocycles. The molecule has 0 aliphatic heterocycles. The summed E-state index contributed by atoms with van der Waals surface area (Å²) in [7, 11) is 0. The summed E-state index contributed by atoms with van der Waals surface area (Å²) in [5.41, 5.74) is 6.85. The van der Waals surface area contributed by atoms with Crippen molar-refractivity contribution in [3.63, 3.8) is 0 Å².